The summed E-state index contributed by atoms with van der Waals surface area (Å²) < 4.78 is 5.44. The first kappa shape index (κ1) is 17.5. The minimum Gasteiger partial charge on any atom is -0.481 e. The molecule has 0 aromatic carbocycles. The maximum atomic E-state index is 12.1. The second kappa shape index (κ2) is 6.64. The van der Waals surface area contributed by atoms with Gasteiger partial charge >= 0.3 is 5.97 Å². The smallest absolute Gasteiger partial charge is 0.309 e. The molecule has 1 spiro atoms. The molecule has 3 heterocycles. The third-order valence-electron chi connectivity index (χ3n) is 6.64. The van der Waals surface area contributed by atoms with Crippen molar-refractivity contribution < 1.29 is 19.2 Å². The van der Waals surface area contributed by atoms with Gasteiger partial charge in [-0.25, -0.2) is 0 Å². The Bertz CT molecular complexity index is 689. The van der Waals surface area contributed by atoms with Crippen molar-refractivity contribution in [3.05, 3.63) is 11.7 Å². The highest BCUT2D eigenvalue weighted by Gasteiger charge is 2.55. The Balaban J connectivity index is 1.39. The van der Waals surface area contributed by atoms with Crippen molar-refractivity contribution in [1.29, 1.82) is 0 Å². The fourth-order valence-electron chi connectivity index (χ4n) is 4.95. The van der Waals surface area contributed by atoms with Crippen molar-refractivity contribution in [3.63, 3.8) is 0 Å². The highest BCUT2D eigenvalue weighted by molar-refractivity contribution is 5.88. The van der Waals surface area contributed by atoms with E-state index >= 15 is 0 Å². The summed E-state index contributed by atoms with van der Waals surface area (Å²) in [6.45, 7) is 2.07. The van der Waals surface area contributed by atoms with Crippen LogP contribution in [0.25, 0.3) is 0 Å². The predicted molar refractivity (Wildman–Crippen MR) is 91.3 cm³/mol. The van der Waals surface area contributed by atoms with Gasteiger partial charge in [0.25, 0.3) is 0 Å². The van der Waals surface area contributed by atoms with E-state index in [2.05, 4.69) is 15.0 Å². The van der Waals surface area contributed by atoms with Gasteiger partial charge in [-0.1, -0.05) is 18.0 Å². The normalized spacial score (nSPS) is 26.9. The van der Waals surface area contributed by atoms with Gasteiger partial charge in [0.2, 0.25) is 11.8 Å². The Morgan fingerprint density at radius 3 is 2.65 bits per heavy atom. The van der Waals surface area contributed by atoms with E-state index in [1.807, 2.05) is 0 Å². The number of hydrogen-bond acceptors (Lipinski definition) is 6. The lowest BCUT2D eigenvalue weighted by Gasteiger charge is -2.45. The van der Waals surface area contributed by atoms with Gasteiger partial charge in [0.1, 0.15) is 0 Å². The molecule has 1 saturated carbocycles. The van der Waals surface area contributed by atoms with Gasteiger partial charge in [0.05, 0.1) is 18.0 Å². The first-order valence-corrected chi connectivity index (χ1v) is 9.54. The highest BCUT2D eigenvalue weighted by atomic mass is 16.5. The van der Waals surface area contributed by atoms with Crippen molar-refractivity contribution in [2.45, 2.75) is 62.9 Å². The first-order chi connectivity index (χ1) is 12.5. The molecule has 0 radical (unpaired) electrons. The monoisotopic (exact) mass is 362 g/mol. The number of carboxylic acid groups (broad SMARTS) is 1. The van der Waals surface area contributed by atoms with Gasteiger partial charge < -0.3 is 14.5 Å². The fraction of sp³-hybridized carbons (Fsp3) is 0.778. The summed E-state index contributed by atoms with van der Waals surface area (Å²) in [7, 11) is 1.74. The van der Waals surface area contributed by atoms with E-state index in [1.165, 1.54) is 12.8 Å². The number of carboxylic acids is 1. The molecule has 1 aromatic heterocycles. The van der Waals surface area contributed by atoms with Crippen molar-refractivity contribution in [2.24, 2.45) is 5.92 Å². The van der Waals surface area contributed by atoms with Crippen molar-refractivity contribution in [3.8, 4) is 0 Å². The summed E-state index contributed by atoms with van der Waals surface area (Å²) in [4.78, 5) is 32.2. The summed E-state index contributed by atoms with van der Waals surface area (Å²) in [6.07, 6.45) is 6.16. The number of carbonyl (C=O) groups is 2. The molecule has 26 heavy (non-hydrogen) atoms. The molecule has 0 unspecified atom stereocenters. The lowest BCUT2D eigenvalue weighted by Crippen LogP contribution is -2.56. The highest BCUT2D eigenvalue weighted by Crippen LogP contribution is 2.43. The number of nitrogens with zero attached hydrogens (tertiary/aromatic N) is 4. The largest absolute Gasteiger partial charge is 0.481 e. The van der Waals surface area contributed by atoms with Crippen molar-refractivity contribution >= 4 is 11.9 Å². The van der Waals surface area contributed by atoms with Crippen LogP contribution in [0.15, 0.2) is 4.52 Å². The maximum absolute atomic E-state index is 12.1. The molecule has 4 rings (SSSR count). The molecule has 2 aliphatic heterocycles. The maximum Gasteiger partial charge on any atom is 0.309 e. The first-order valence-electron chi connectivity index (χ1n) is 9.54. The van der Waals surface area contributed by atoms with Gasteiger partial charge in [-0.2, -0.15) is 4.98 Å². The lowest BCUT2D eigenvalue weighted by atomic mass is 9.77. The van der Waals surface area contributed by atoms with Crippen LogP contribution in [0.2, 0.25) is 0 Å². The van der Waals surface area contributed by atoms with Crippen LogP contribution in [0.4, 0.5) is 0 Å². The molecular weight excluding hydrogens is 336 g/mol. The standard InChI is InChI=1S/C18H26N4O4/c1-21-15(23)10-13(17(24)25)18(21)6-8-22(9-7-18)11-14-19-16(26-20-14)12-4-2-3-5-12/h12-13H,2-11H2,1H3,(H,24,25)/t13-/m1/s1. The molecule has 2 saturated heterocycles. The molecule has 3 fully saturated rings. The van der Waals surface area contributed by atoms with Crippen LogP contribution < -0.4 is 0 Å². The van der Waals surface area contributed by atoms with Crippen molar-refractivity contribution in [1.82, 2.24) is 19.9 Å². The Kier molecular flexibility index (Phi) is 4.46. The number of amides is 1. The fourth-order valence-corrected chi connectivity index (χ4v) is 4.95. The lowest BCUT2D eigenvalue weighted by molar-refractivity contribution is -0.146. The average molecular weight is 362 g/mol. The molecule has 8 nitrogen and oxygen atoms in total. The number of carbonyl (C=O) groups excluding carboxylic acids is 1. The third kappa shape index (κ3) is 2.90. The Morgan fingerprint density at radius 2 is 2.00 bits per heavy atom. The molecule has 1 amide bonds. The zero-order valence-electron chi connectivity index (χ0n) is 15.2. The van der Waals surface area contributed by atoms with E-state index in [9.17, 15) is 14.7 Å². The number of rotatable bonds is 4. The van der Waals surface area contributed by atoms with Crippen molar-refractivity contribution in [2.75, 3.05) is 20.1 Å². The second-order valence-electron chi connectivity index (χ2n) is 7.96. The van der Waals surface area contributed by atoms with Gasteiger partial charge in [-0.3, -0.25) is 14.5 Å². The zero-order valence-corrected chi connectivity index (χ0v) is 15.2. The van der Waals surface area contributed by atoms with E-state index in [0.29, 0.717) is 31.1 Å². The van der Waals surface area contributed by atoms with E-state index in [-0.39, 0.29) is 12.3 Å². The number of aliphatic carboxylic acids is 1. The molecule has 1 atom stereocenters. The number of piperidine rings is 1. The van der Waals surface area contributed by atoms with E-state index in [1.54, 1.807) is 11.9 Å². The SMILES string of the molecule is CN1C(=O)C[C@H](C(=O)O)C12CCN(Cc1noc(C3CCCC3)n1)CC2. The Labute approximate surface area is 152 Å². The molecular formula is C18H26N4O4. The molecule has 142 valence electrons. The second-order valence-corrected chi connectivity index (χ2v) is 7.96. The van der Waals surface area contributed by atoms with Gasteiger partial charge in [-0.05, 0) is 25.7 Å². The molecule has 8 heteroatoms. The summed E-state index contributed by atoms with van der Waals surface area (Å²) in [5, 5.41) is 13.7. The van der Waals surface area contributed by atoms with Crippen LogP contribution in [0.1, 0.15) is 62.6 Å². The van der Waals surface area contributed by atoms with Crippen LogP contribution in [-0.2, 0) is 16.1 Å². The number of aromatic nitrogens is 2. The molecule has 0 bridgehead atoms. The van der Waals surface area contributed by atoms with Crippen LogP contribution in [0, 0.1) is 5.92 Å². The predicted octanol–water partition coefficient (Wildman–Crippen LogP) is 1.62. The average Bonchev–Trinajstić information content (AvgIpc) is 3.34. The summed E-state index contributed by atoms with van der Waals surface area (Å²) in [5.41, 5.74) is -0.550. The van der Waals surface area contributed by atoms with Crippen LogP contribution in [0.3, 0.4) is 0 Å². The quantitative estimate of drug-likeness (QED) is 0.869. The van der Waals surface area contributed by atoms with Crippen LogP contribution in [-0.4, -0.2) is 62.6 Å². The Hall–Kier alpha value is -1.96. The van der Waals surface area contributed by atoms with E-state index < -0.39 is 17.4 Å². The number of likely N-dealkylation sites (tertiary alicyclic amines) is 2. The van der Waals surface area contributed by atoms with Gasteiger partial charge in [-0.15, -0.1) is 0 Å². The Morgan fingerprint density at radius 1 is 1.31 bits per heavy atom. The minimum atomic E-state index is -0.865. The zero-order chi connectivity index (χ0) is 18.3. The van der Waals surface area contributed by atoms with Gasteiger partial charge in [0.15, 0.2) is 5.82 Å². The van der Waals surface area contributed by atoms with E-state index in [0.717, 1.165) is 31.8 Å². The molecule has 1 N–H and O–H groups in total. The summed E-state index contributed by atoms with van der Waals surface area (Å²) in [5.74, 6) is 0.337. The van der Waals surface area contributed by atoms with Crippen LogP contribution >= 0.6 is 0 Å². The minimum absolute atomic E-state index is 0.0646. The topological polar surface area (TPSA) is 99.8 Å². The third-order valence-corrected chi connectivity index (χ3v) is 6.64. The molecule has 3 aliphatic rings. The van der Waals surface area contributed by atoms with Gasteiger partial charge in [0, 0.05) is 32.5 Å². The molecule has 1 aromatic rings. The molecule has 1 aliphatic carbocycles. The van der Waals surface area contributed by atoms with Crippen LogP contribution in [0.5, 0.6) is 0 Å². The van der Waals surface area contributed by atoms with E-state index in [4.69, 9.17) is 4.52 Å². The summed E-state index contributed by atoms with van der Waals surface area (Å²) in [6, 6.07) is 0. The number of hydrogen-bond donors (Lipinski definition) is 1. The summed E-state index contributed by atoms with van der Waals surface area (Å²) >= 11 is 0.